The minimum atomic E-state index is -0.230. The highest BCUT2D eigenvalue weighted by molar-refractivity contribution is 7.16. The molecule has 0 spiro atoms. The summed E-state index contributed by atoms with van der Waals surface area (Å²) >= 11 is 1.63. The van der Waals surface area contributed by atoms with E-state index in [9.17, 15) is 4.79 Å². The number of carbonyl (C=O) groups excluding carboxylic acids is 1. The summed E-state index contributed by atoms with van der Waals surface area (Å²) in [6.07, 6.45) is -0.230. The van der Waals surface area contributed by atoms with Crippen molar-refractivity contribution >= 4 is 22.9 Å². The molecule has 4 rings (SSSR count). The number of aryl methyl sites for hydroxylation is 1. The molecule has 130 valence electrons. The molecule has 1 aromatic carbocycles. The van der Waals surface area contributed by atoms with Gasteiger partial charge in [0.05, 0.1) is 22.9 Å². The molecule has 1 unspecified atom stereocenters. The maximum absolute atomic E-state index is 12.9. The van der Waals surface area contributed by atoms with Gasteiger partial charge in [-0.25, -0.2) is 15.4 Å². The lowest BCUT2D eigenvalue weighted by Gasteiger charge is -2.34. The van der Waals surface area contributed by atoms with Crippen LogP contribution in [0.1, 0.15) is 24.4 Å². The van der Waals surface area contributed by atoms with Gasteiger partial charge in [0.2, 0.25) is 0 Å². The van der Waals surface area contributed by atoms with Gasteiger partial charge in [0.15, 0.2) is 6.29 Å². The number of nitrogens with zero attached hydrogens (tertiary/aromatic N) is 2. The minimum Gasteiger partial charge on any atom is -0.350 e. The molecule has 7 heteroatoms. The van der Waals surface area contributed by atoms with Gasteiger partial charge in [-0.05, 0) is 12.8 Å². The Balaban J connectivity index is 1.82. The molecule has 6 nitrogen and oxygen atoms in total. The van der Waals surface area contributed by atoms with E-state index >= 15 is 0 Å². The predicted octanol–water partition coefficient (Wildman–Crippen LogP) is 2.27. The van der Waals surface area contributed by atoms with Crippen LogP contribution < -0.4 is 16.1 Å². The Labute approximate surface area is 150 Å². The first-order valence-electron chi connectivity index (χ1n) is 8.40. The number of amides is 1. The normalized spacial score (nSPS) is 20.2. The highest BCUT2D eigenvalue weighted by Gasteiger charge is 2.39. The van der Waals surface area contributed by atoms with Crippen LogP contribution in [0.15, 0.2) is 35.9 Å². The Morgan fingerprint density at radius 1 is 1.28 bits per heavy atom. The third-order valence-electron chi connectivity index (χ3n) is 4.42. The molecule has 2 aliphatic rings. The van der Waals surface area contributed by atoms with Crippen molar-refractivity contribution in [3.05, 3.63) is 46.5 Å². The van der Waals surface area contributed by atoms with E-state index in [1.165, 1.54) is 0 Å². The van der Waals surface area contributed by atoms with E-state index in [1.54, 1.807) is 16.3 Å². The number of thiazole rings is 1. The molecule has 0 bridgehead atoms. The molecule has 25 heavy (non-hydrogen) atoms. The highest BCUT2D eigenvalue weighted by atomic mass is 32.1. The van der Waals surface area contributed by atoms with Crippen LogP contribution in [0.3, 0.4) is 0 Å². The second-order valence-electron chi connectivity index (χ2n) is 6.50. The van der Waals surface area contributed by atoms with Gasteiger partial charge < -0.3 is 5.32 Å². The Bertz CT molecular complexity index is 842. The average Bonchev–Trinajstić information content (AvgIpc) is 3.21. The lowest BCUT2D eigenvalue weighted by atomic mass is 9.97. The molecule has 2 aliphatic heterocycles. The summed E-state index contributed by atoms with van der Waals surface area (Å²) in [4.78, 5) is 18.7. The molecular formula is C18H21N5OS. The van der Waals surface area contributed by atoms with Crippen LogP contribution >= 0.6 is 11.3 Å². The van der Waals surface area contributed by atoms with E-state index in [0.717, 1.165) is 32.4 Å². The smallest absolute Gasteiger partial charge is 0.269 e. The third kappa shape index (κ3) is 2.74. The zero-order chi connectivity index (χ0) is 17.6. The van der Waals surface area contributed by atoms with Crippen LogP contribution in [0.2, 0.25) is 0 Å². The molecule has 0 saturated carbocycles. The van der Waals surface area contributed by atoms with Crippen LogP contribution in [0, 0.1) is 12.8 Å². The predicted molar refractivity (Wildman–Crippen MR) is 99.0 cm³/mol. The maximum Gasteiger partial charge on any atom is 0.269 e. The standard InChI is InChI=1S/C18H21N5OS/c1-10(2)13-14(22-18-19-9-20-23(18)17(13)24)15-11(3)21-16(25-15)12-7-5-4-6-8-12/h4-8,10,18-20,22H,9H2,1-3H3. The zero-order valence-corrected chi connectivity index (χ0v) is 15.3. The number of carbonyl (C=O) groups is 1. The quantitative estimate of drug-likeness (QED) is 0.788. The summed E-state index contributed by atoms with van der Waals surface area (Å²) in [5.74, 6) is 0.132. The van der Waals surface area contributed by atoms with Gasteiger partial charge in [-0.3, -0.25) is 10.1 Å². The number of hydrazine groups is 1. The number of rotatable bonds is 3. The van der Waals surface area contributed by atoms with Crippen molar-refractivity contribution in [2.45, 2.75) is 27.1 Å². The van der Waals surface area contributed by atoms with Crippen LogP contribution in [0.5, 0.6) is 0 Å². The number of hydrogen-bond acceptors (Lipinski definition) is 6. The minimum absolute atomic E-state index is 0.0211. The summed E-state index contributed by atoms with van der Waals surface area (Å²) in [6.45, 7) is 6.67. The molecule has 1 fully saturated rings. The van der Waals surface area contributed by atoms with Crippen LogP contribution in [0.25, 0.3) is 16.3 Å². The van der Waals surface area contributed by atoms with Gasteiger partial charge in [-0.1, -0.05) is 44.2 Å². The van der Waals surface area contributed by atoms with Crippen molar-refractivity contribution in [2.24, 2.45) is 5.92 Å². The molecule has 1 aromatic heterocycles. The van der Waals surface area contributed by atoms with E-state index in [4.69, 9.17) is 4.98 Å². The number of benzene rings is 1. The molecule has 1 atom stereocenters. The molecular weight excluding hydrogens is 334 g/mol. The number of nitrogens with one attached hydrogen (secondary N) is 3. The van der Waals surface area contributed by atoms with Crippen LogP contribution in [0.4, 0.5) is 0 Å². The van der Waals surface area contributed by atoms with E-state index in [0.29, 0.717) is 6.67 Å². The van der Waals surface area contributed by atoms with Gasteiger partial charge in [-0.15, -0.1) is 11.3 Å². The van der Waals surface area contributed by atoms with Gasteiger partial charge in [0.1, 0.15) is 5.01 Å². The molecule has 0 radical (unpaired) electrons. The summed E-state index contributed by atoms with van der Waals surface area (Å²) < 4.78 is 0. The third-order valence-corrected chi connectivity index (χ3v) is 5.65. The van der Waals surface area contributed by atoms with Gasteiger partial charge in [-0.2, -0.15) is 0 Å². The highest BCUT2D eigenvalue weighted by Crippen LogP contribution is 2.36. The lowest BCUT2D eigenvalue weighted by Crippen LogP contribution is -2.56. The fraction of sp³-hybridized carbons (Fsp3) is 0.333. The fourth-order valence-corrected chi connectivity index (χ4v) is 4.32. The zero-order valence-electron chi connectivity index (χ0n) is 14.5. The van der Waals surface area contributed by atoms with Gasteiger partial charge in [0, 0.05) is 11.1 Å². The first-order valence-corrected chi connectivity index (χ1v) is 9.22. The molecule has 1 saturated heterocycles. The lowest BCUT2D eigenvalue weighted by molar-refractivity contribution is -0.132. The fourth-order valence-electron chi connectivity index (χ4n) is 3.22. The summed E-state index contributed by atoms with van der Waals surface area (Å²) in [5, 5.41) is 9.32. The summed E-state index contributed by atoms with van der Waals surface area (Å²) in [6, 6.07) is 10.1. The van der Waals surface area contributed by atoms with Crippen molar-refractivity contribution in [1.29, 1.82) is 0 Å². The van der Waals surface area contributed by atoms with Gasteiger partial charge >= 0.3 is 0 Å². The Kier molecular flexibility index (Phi) is 4.07. The molecule has 3 heterocycles. The van der Waals surface area contributed by atoms with Crippen LogP contribution in [-0.2, 0) is 4.79 Å². The first-order chi connectivity index (χ1) is 12.1. The van der Waals surface area contributed by atoms with Crippen molar-refractivity contribution in [3.8, 4) is 10.6 Å². The van der Waals surface area contributed by atoms with Gasteiger partial charge in [0.25, 0.3) is 5.91 Å². The largest absolute Gasteiger partial charge is 0.350 e. The van der Waals surface area contributed by atoms with Crippen molar-refractivity contribution in [1.82, 2.24) is 26.1 Å². The SMILES string of the molecule is Cc1nc(-c2ccccc2)sc1C1=C(C(C)C)C(=O)N2NCNC2N1. The second-order valence-corrected chi connectivity index (χ2v) is 7.50. The Morgan fingerprint density at radius 2 is 2.04 bits per heavy atom. The monoisotopic (exact) mass is 355 g/mol. The number of hydrogen-bond donors (Lipinski definition) is 3. The maximum atomic E-state index is 12.9. The number of aromatic nitrogens is 1. The van der Waals surface area contributed by atoms with E-state index in [1.807, 2.05) is 39.0 Å². The molecule has 3 N–H and O–H groups in total. The number of fused-ring (bicyclic) bond motifs is 1. The van der Waals surface area contributed by atoms with Crippen molar-refractivity contribution in [3.63, 3.8) is 0 Å². The second kappa shape index (κ2) is 6.25. The van der Waals surface area contributed by atoms with E-state index < -0.39 is 0 Å². The first kappa shape index (κ1) is 16.3. The van der Waals surface area contributed by atoms with E-state index in [2.05, 4.69) is 28.2 Å². The molecule has 0 aliphatic carbocycles. The average molecular weight is 355 g/mol. The van der Waals surface area contributed by atoms with E-state index in [-0.39, 0.29) is 18.1 Å². The topological polar surface area (TPSA) is 69.3 Å². The Hall–Kier alpha value is -2.22. The molecule has 2 aromatic rings. The summed E-state index contributed by atoms with van der Waals surface area (Å²) in [7, 11) is 0. The van der Waals surface area contributed by atoms with Crippen molar-refractivity contribution in [2.75, 3.05) is 6.67 Å². The molecule has 1 amide bonds. The van der Waals surface area contributed by atoms with Crippen molar-refractivity contribution < 1.29 is 4.79 Å². The Morgan fingerprint density at radius 3 is 2.76 bits per heavy atom. The summed E-state index contributed by atoms with van der Waals surface area (Å²) in [5.41, 5.74) is 6.80. The van der Waals surface area contributed by atoms with Crippen LogP contribution in [-0.4, -0.2) is 28.9 Å².